The molecule has 18 heavy (non-hydrogen) atoms. The van der Waals surface area contributed by atoms with Gasteiger partial charge in [0.1, 0.15) is 4.32 Å². The molecule has 1 aliphatic rings. The molecule has 0 saturated carbocycles. The molecule has 0 bridgehead atoms. The molecule has 0 atom stereocenters. The van der Waals surface area contributed by atoms with Gasteiger partial charge in [0.25, 0.3) is 0 Å². The Bertz CT molecular complexity index is 484. The predicted molar refractivity (Wildman–Crippen MR) is 82.8 cm³/mol. The zero-order valence-electron chi connectivity index (χ0n) is 10.1. The van der Waals surface area contributed by atoms with E-state index in [0.717, 1.165) is 11.0 Å². The molecule has 1 aromatic rings. The highest BCUT2D eigenvalue weighted by atomic mass is 35.5. The van der Waals surface area contributed by atoms with Crippen molar-refractivity contribution in [1.82, 2.24) is 0 Å². The minimum atomic E-state index is -0.871. The Morgan fingerprint density at radius 2 is 2.33 bits per heavy atom. The maximum atomic E-state index is 9.65. The first-order valence-corrected chi connectivity index (χ1v) is 7.23. The van der Waals surface area contributed by atoms with Crippen LogP contribution in [-0.4, -0.2) is 21.7 Å². The summed E-state index contributed by atoms with van der Waals surface area (Å²) >= 11 is 13.0. The van der Waals surface area contributed by atoms with Gasteiger partial charge in [-0.05, 0) is 23.2 Å². The number of nitrogens with one attached hydrogen (secondary N) is 1. The summed E-state index contributed by atoms with van der Waals surface area (Å²) in [4.78, 5) is 0. The summed E-state index contributed by atoms with van der Waals surface area (Å²) in [6, 6.07) is 3.60. The predicted octanol–water partition coefficient (Wildman–Crippen LogP) is 2.40. The number of rotatable bonds is 2. The van der Waals surface area contributed by atoms with E-state index in [1.54, 1.807) is 23.9 Å². The fourth-order valence-corrected chi connectivity index (χ4v) is 3.21. The van der Waals surface area contributed by atoms with Crippen LogP contribution < -0.4 is 10.8 Å². The Morgan fingerprint density at radius 3 is 3.00 bits per heavy atom. The quantitative estimate of drug-likeness (QED) is 0.648. The van der Waals surface area contributed by atoms with E-state index in [-0.39, 0.29) is 0 Å². The standard InChI is InChI=1S/C11H13BClNO2S2/c1-6(2)18-11(17)14-10-4-8-7(3-9(10)13)5-16-12(8)15/h3-4,6,15H,5H2,1-2H3,(H,14,17). The van der Waals surface area contributed by atoms with Crippen LogP contribution in [0, 0.1) is 0 Å². The largest absolute Gasteiger partial charge is 0.491 e. The molecule has 0 unspecified atom stereocenters. The van der Waals surface area contributed by atoms with Gasteiger partial charge in [0.2, 0.25) is 0 Å². The van der Waals surface area contributed by atoms with Crippen molar-refractivity contribution in [3.8, 4) is 0 Å². The molecule has 7 heteroatoms. The van der Waals surface area contributed by atoms with Crippen LogP contribution in [0.4, 0.5) is 5.69 Å². The third kappa shape index (κ3) is 3.19. The number of hydrogen-bond donors (Lipinski definition) is 2. The molecule has 1 aromatic carbocycles. The Labute approximate surface area is 121 Å². The summed E-state index contributed by atoms with van der Waals surface area (Å²) in [5.41, 5.74) is 2.37. The van der Waals surface area contributed by atoms with E-state index in [1.807, 2.05) is 0 Å². The summed E-state index contributed by atoms with van der Waals surface area (Å²) in [7, 11) is -0.871. The molecule has 1 heterocycles. The molecular weight excluding hydrogens is 289 g/mol. The number of halogens is 1. The monoisotopic (exact) mass is 301 g/mol. The first kappa shape index (κ1) is 14.2. The molecule has 0 radical (unpaired) electrons. The van der Waals surface area contributed by atoms with Crippen LogP contribution in [0.3, 0.4) is 0 Å². The molecule has 0 fully saturated rings. The van der Waals surface area contributed by atoms with Gasteiger partial charge in [0, 0.05) is 5.25 Å². The molecule has 96 valence electrons. The second-order valence-electron chi connectivity index (χ2n) is 4.27. The first-order chi connectivity index (χ1) is 8.47. The molecule has 2 N–H and O–H groups in total. The Morgan fingerprint density at radius 1 is 1.61 bits per heavy atom. The highest BCUT2D eigenvalue weighted by Crippen LogP contribution is 2.26. The highest BCUT2D eigenvalue weighted by Gasteiger charge is 2.28. The summed E-state index contributed by atoms with van der Waals surface area (Å²) in [6.45, 7) is 4.53. The van der Waals surface area contributed by atoms with Crippen molar-refractivity contribution in [2.75, 3.05) is 5.32 Å². The molecule has 0 saturated heterocycles. The van der Waals surface area contributed by atoms with Crippen LogP contribution in [0.25, 0.3) is 0 Å². The fraction of sp³-hybridized carbons (Fsp3) is 0.364. The van der Waals surface area contributed by atoms with Gasteiger partial charge >= 0.3 is 7.12 Å². The lowest BCUT2D eigenvalue weighted by Gasteiger charge is -2.12. The minimum absolute atomic E-state index is 0.391. The van der Waals surface area contributed by atoms with Gasteiger partial charge < -0.3 is 15.0 Å². The lowest BCUT2D eigenvalue weighted by atomic mass is 9.79. The van der Waals surface area contributed by atoms with Crippen LogP contribution in [0.15, 0.2) is 12.1 Å². The fourth-order valence-electron chi connectivity index (χ4n) is 1.69. The normalized spacial score (nSPS) is 13.9. The average Bonchev–Trinajstić information content (AvgIpc) is 2.60. The second kappa shape index (κ2) is 5.80. The molecular formula is C11H13BClNO2S2. The van der Waals surface area contributed by atoms with E-state index in [2.05, 4.69) is 19.2 Å². The topological polar surface area (TPSA) is 41.5 Å². The smallest absolute Gasteiger partial charge is 0.423 e. The van der Waals surface area contributed by atoms with E-state index >= 15 is 0 Å². The van der Waals surface area contributed by atoms with E-state index in [0.29, 0.717) is 26.9 Å². The number of anilines is 1. The number of hydrogen-bond acceptors (Lipinski definition) is 4. The lowest BCUT2D eigenvalue weighted by molar-refractivity contribution is 0.275. The summed E-state index contributed by atoms with van der Waals surface area (Å²) in [5.74, 6) is 0. The van der Waals surface area contributed by atoms with E-state index in [9.17, 15) is 5.02 Å². The Hall–Kier alpha value is -0.265. The van der Waals surface area contributed by atoms with Crippen LogP contribution in [0.1, 0.15) is 19.4 Å². The van der Waals surface area contributed by atoms with Gasteiger partial charge in [0.05, 0.1) is 17.3 Å². The summed E-state index contributed by atoms with van der Waals surface area (Å²) in [6.07, 6.45) is 0. The second-order valence-corrected chi connectivity index (χ2v) is 6.93. The van der Waals surface area contributed by atoms with Gasteiger partial charge in [-0.3, -0.25) is 0 Å². The highest BCUT2D eigenvalue weighted by molar-refractivity contribution is 8.23. The zero-order valence-corrected chi connectivity index (χ0v) is 12.5. The molecule has 1 aliphatic heterocycles. The first-order valence-electron chi connectivity index (χ1n) is 5.57. The SMILES string of the molecule is CC(C)SC(=S)Nc1cc2c(cc1Cl)COB2O. The number of benzene rings is 1. The third-order valence-corrected chi connectivity index (χ3v) is 3.96. The minimum Gasteiger partial charge on any atom is -0.423 e. The molecule has 2 rings (SSSR count). The van der Waals surface area contributed by atoms with Crippen LogP contribution >= 0.6 is 35.6 Å². The maximum Gasteiger partial charge on any atom is 0.491 e. The van der Waals surface area contributed by atoms with Crippen molar-refractivity contribution in [3.05, 3.63) is 22.7 Å². The van der Waals surface area contributed by atoms with Crippen molar-refractivity contribution >= 4 is 58.2 Å². The molecule has 0 amide bonds. The van der Waals surface area contributed by atoms with Crippen LogP contribution in [0.5, 0.6) is 0 Å². The summed E-state index contributed by atoms with van der Waals surface area (Å²) in [5, 5.41) is 13.7. The van der Waals surface area contributed by atoms with E-state index in [1.165, 1.54) is 0 Å². The van der Waals surface area contributed by atoms with Crippen LogP contribution in [-0.2, 0) is 11.3 Å². The Kier molecular flexibility index (Phi) is 4.56. The molecule has 0 aromatic heterocycles. The molecule has 3 nitrogen and oxygen atoms in total. The summed E-state index contributed by atoms with van der Waals surface area (Å²) < 4.78 is 5.80. The molecule has 0 aliphatic carbocycles. The van der Waals surface area contributed by atoms with Crippen molar-refractivity contribution < 1.29 is 9.68 Å². The third-order valence-electron chi connectivity index (χ3n) is 2.47. The van der Waals surface area contributed by atoms with E-state index < -0.39 is 7.12 Å². The van der Waals surface area contributed by atoms with Gasteiger partial charge in [-0.25, -0.2) is 0 Å². The van der Waals surface area contributed by atoms with Crippen molar-refractivity contribution in [2.45, 2.75) is 25.7 Å². The van der Waals surface area contributed by atoms with E-state index in [4.69, 9.17) is 28.5 Å². The van der Waals surface area contributed by atoms with Crippen molar-refractivity contribution in [1.29, 1.82) is 0 Å². The maximum absolute atomic E-state index is 9.65. The zero-order chi connectivity index (χ0) is 13.3. The van der Waals surface area contributed by atoms with Gasteiger partial charge in [-0.2, -0.15) is 0 Å². The van der Waals surface area contributed by atoms with Crippen molar-refractivity contribution in [2.24, 2.45) is 0 Å². The number of fused-ring (bicyclic) bond motifs is 1. The molecule has 0 spiro atoms. The number of thioether (sulfide) groups is 1. The van der Waals surface area contributed by atoms with Crippen molar-refractivity contribution in [3.63, 3.8) is 0 Å². The van der Waals surface area contributed by atoms with Gasteiger partial charge in [-0.15, -0.1) is 0 Å². The Balaban J connectivity index is 2.19. The van der Waals surface area contributed by atoms with Gasteiger partial charge in [0.15, 0.2) is 0 Å². The lowest BCUT2D eigenvalue weighted by Crippen LogP contribution is -2.28. The van der Waals surface area contributed by atoms with Crippen LogP contribution in [0.2, 0.25) is 5.02 Å². The average molecular weight is 302 g/mol. The van der Waals surface area contributed by atoms with Gasteiger partial charge in [-0.1, -0.05) is 49.4 Å². The number of thiocarbonyl (C=S) groups is 1.